The van der Waals surface area contributed by atoms with Crippen molar-refractivity contribution in [2.24, 2.45) is 0 Å². The van der Waals surface area contributed by atoms with Gasteiger partial charge in [0.2, 0.25) is 0 Å². The van der Waals surface area contributed by atoms with Crippen molar-refractivity contribution in [2.45, 2.75) is 0 Å². The van der Waals surface area contributed by atoms with Gasteiger partial charge in [0.1, 0.15) is 0 Å². The molecule has 0 unspecified atom stereocenters. The second-order valence-electron chi connectivity index (χ2n) is 14.1. The third kappa shape index (κ3) is 3.73. The van der Waals surface area contributed by atoms with E-state index in [1.54, 1.807) is 0 Å². The standard InChI is InChI=1S/C50H30N2/c1-2-13-35(14-3-1)52-48-29-34(21-24-40(48)43-25-20-31-10-4-5-15-37(31)50(43)52)33-22-27-47-45(28-33)39-16-6-7-19-46(39)51(47)36-23-26-38-41-17-8-11-32-12-9-18-42(49(32)41)44(38)30-36/h1-30H. The molecule has 240 valence electrons. The summed E-state index contributed by atoms with van der Waals surface area (Å²) in [5.41, 5.74) is 14.9. The van der Waals surface area contributed by atoms with Crippen LogP contribution in [-0.4, -0.2) is 9.13 Å². The van der Waals surface area contributed by atoms with Gasteiger partial charge in [0.25, 0.3) is 0 Å². The van der Waals surface area contributed by atoms with Gasteiger partial charge in [-0.3, -0.25) is 0 Å². The van der Waals surface area contributed by atoms with E-state index in [9.17, 15) is 0 Å². The Morgan fingerprint density at radius 2 is 0.962 bits per heavy atom. The number of fused-ring (bicyclic) bond motifs is 11. The maximum Gasteiger partial charge on any atom is 0.0619 e. The van der Waals surface area contributed by atoms with Crippen LogP contribution < -0.4 is 0 Å². The van der Waals surface area contributed by atoms with Gasteiger partial charge in [-0.05, 0) is 98.1 Å². The van der Waals surface area contributed by atoms with Crippen LogP contribution in [0.25, 0.3) is 110 Å². The van der Waals surface area contributed by atoms with Gasteiger partial charge in [-0.25, -0.2) is 0 Å². The van der Waals surface area contributed by atoms with Crippen molar-refractivity contribution in [3.63, 3.8) is 0 Å². The predicted octanol–water partition coefficient (Wildman–Crippen LogP) is 13.5. The van der Waals surface area contributed by atoms with E-state index in [2.05, 4.69) is 191 Å². The number of benzene rings is 9. The first kappa shape index (κ1) is 27.9. The van der Waals surface area contributed by atoms with Crippen LogP contribution in [0.1, 0.15) is 0 Å². The first-order chi connectivity index (χ1) is 25.8. The Balaban J connectivity index is 1.07. The molecule has 0 radical (unpaired) electrons. The molecule has 2 heteroatoms. The van der Waals surface area contributed by atoms with E-state index < -0.39 is 0 Å². The third-order valence-electron chi connectivity index (χ3n) is 11.4. The van der Waals surface area contributed by atoms with Crippen LogP contribution in [0.2, 0.25) is 0 Å². The molecule has 12 rings (SSSR count). The molecule has 0 aliphatic heterocycles. The Hall–Kier alpha value is -6.90. The normalized spacial score (nSPS) is 12.2. The Labute approximate surface area is 300 Å². The van der Waals surface area contributed by atoms with E-state index >= 15 is 0 Å². The fraction of sp³-hybridized carbons (Fsp3) is 0. The monoisotopic (exact) mass is 658 g/mol. The predicted molar refractivity (Wildman–Crippen MR) is 220 cm³/mol. The Kier molecular flexibility index (Phi) is 5.53. The fourth-order valence-electron chi connectivity index (χ4n) is 9.15. The van der Waals surface area contributed by atoms with Gasteiger partial charge in [0, 0.05) is 38.3 Å². The van der Waals surface area contributed by atoms with Gasteiger partial charge >= 0.3 is 0 Å². The molecule has 0 N–H and O–H groups in total. The number of rotatable bonds is 3. The lowest BCUT2D eigenvalue weighted by molar-refractivity contribution is 1.18. The molecule has 0 bridgehead atoms. The first-order valence-electron chi connectivity index (χ1n) is 18.0. The molecule has 2 heterocycles. The Morgan fingerprint density at radius 3 is 1.85 bits per heavy atom. The van der Waals surface area contributed by atoms with Crippen molar-refractivity contribution in [1.29, 1.82) is 0 Å². The maximum absolute atomic E-state index is 2.45. The minimum absolute atomic E-state index is 1.17. The van der Waals surface area contributed by atoms with Gasteiger partial charge in [-0.15, -0.1) is 0 Å². The summed E-state index contributed by atoms with van der Waals surface area (Å²) in [6, 6.07) is 67.3. The average molecular weight is 659 g/mol. The van der Waals surface area contributed by atoms with Crippen LogP contribution >= 0.6 is 0 Å². The molecule has 9 aromatic carbocycles. The van der Waals surface area contributed by atoms with Crippen molar-refractivity contribution < 1.29 is 0 Å². The highest BCUT2D eigenvalue weighted by Crippen LogP contribution is 2.48. The van der Waals surface area contributed by atoms with E-state index in [4.69, 9.17) is 0 Å². The second kappa shape index (κ2) is 10.3. The second-order valence-corrected chi connectivity index (χ2v) is 14.1. The zero-order valence-electron chi connectivity index (χ0n) is 28.2. The van der Waals surface area contributed by atoms with Crippen molar-refractivity contribution in [2.75, 3.05) is 0 Å². The van der Waals surface area contributed by atoms with E-state index in [1.807, 2.05) is 0 Å². The van der Waals surface area contributed by atoms with E-state index in [0.29, 0.717) is 0 Å². The van der Waals surface area contributed by atoms with Crippen LogP contribution in [0.5, 0.6) is 0 Å². The Bertz CT molecular complexity index is 3280. The molecule has 0 spiro atoms. The van der Waals surface area contributed by atoms with Crippen molar-refractivity contribution in [3.05, 3.63) is 182 Å². The highest BCUT2D eigenvalue weighted by Gasteiger charge is 2.23. The smallest absolute Gasteiger partial charge is 0.0619 e. The highest BCUT2D eigenvalue weighted by molar-refractivity contribution is 6.20. The molecule has 0 fully saturated rings. The molecular formula is C50H30N2. The van der Waals surface area contributed by atoms with Crippen LogP contribution in [0.4, 0.5) is 0 Å². The maximum atomic E-state index is 2.45. The number of hydrogen-bond donors (Lipinski definition) is 0. The van der Waals surface area contributed by atoms with E-state index in [1.165, 1.54) is 110 Å². The third-order valence-corrected chi connectivity index (χ3v) is 11.4. The molecule has 52 heavy (non-hydrogen) atoms. The zero-order valence-corrected chi connectivity index (χ0v) is 28.2. The summed E-state index contributed by atoms with van der Waals surface area (Å²) < 4.78 is 4.90. The minimum atomic E-state index is 1.17. The largest absolute Gasteiger partial charge is 0.309 e. The van der Waals surface area contributed by atoms with E-state index in [0.717, 1.165) is 0 Å². The van der Waals surface area contributed by atoms with Gasteiger partial charge in [-0.1, -0.05) is 133 Å². The van der Waals surface area contributed by atoms with Gasteiger partial charge in [-0.2, -0.15) is 0 Å². The molecule has 0 atom stereocenters. The van der Waals surface area contributed by atoms with Crippen LogP contribution in [0.15, 0.2) is 182 Å². The summed E-state index contributed by atoms with van der Waals surface area (Å²) in [4.78, 5) is 0. The highest BCUT2D eigenvalue weighted by atomic mass is 15.0. The summed E-state index contributed by atoms with van der Waals surface area (Å²) in [7, 11) is 0. The van der Waals surface area contributed by atoms with Gasteiger partial charge in [0.05, 0.1) is 22.1 Å². The van der Waals surface area contributed by atoms with Crippen LogP contribution in [-0.2, 0) is 0 Å². The molecule has 1 aliphatic rings. The quantitative estimate of drug-likeness (QED) is 0.179. The van der Waals surface area contributed by atoms with Crippen LogP contribution in [0.3, 0.4) is 0 Å². The van der Waals surface area contributed by atoms with Gasteiger partial charge in [0.15, 0.2) is 0 Å². The van der Waals surface area contributed by atoms with Crippen molar-refractivity contribution in [1.82, 2.24) is 9.13 Å². The molecule has 1 aliphatic carbocycles. The number of aromatic nitrogens is 2. The lowest BCUT2D eigenvalue weighted by atomic mass is 10.0. The van der Waals surface area contributed by atoms with Crippen LogP contribution in [0, 0.1) is 0 Å². The van der Waals surface area contributed by atoms with Crippen molar-refractivity contribution >= 4 is 65.2 Å². The number of hydrogen-bond acceptors (Lipinski definition) is 0. The van der Waals surface area contributed by atoms with Gasteiger partial charge < -0.3 is 9.13 Å². The summed E-state index contributed by atoms with van der Waals surface area (Å²) >= 11 is 0. The summed E-state index contributed by atoms with van der Waals surface area (Å²) in [5.74, 6) is 0. The molecule has 2 aromatic heterocycles. The average Bonchev–Trinajstić information content (AvgIpc) is 3.84. The SMILES string of the molecule is c1ccc(-n2c3cc(-c4ccc5c(c4)c4ccccc4n5-c4ccc5c(c4)-c4cccc6cccc-5c46)ccc3c3ccc4ccccc4c32)cc1. The van der Waals surface area contributed by atoms with Crippen molar-refractivity contribution in [3.8, 4) is 44.8 Å². The minimum Gasteiger partial charge on any atom is -0.309 e. The first-order valence-corrected chi connectivity index (χ1v) is 18.0. The molecule has 2 nitrogen and oxygen atoms in total. The lowest BCUT2D eigenvalue weighted by Gasteiger charge is -2.12. The molecule has 11 aromatic rings. The fourth-order valence-corrected chi connectivity index (χ4v) is 9.15. The Morgan fingerprint density at radius 1 is 0.288 bits per heavy atom. The summed E-state index contributed by atoms with van der Waals surface area (Å²) in [6.45, 7) is 0. The molecule has 0 saturated heterocycles. The molecular weight excluding hydrogens is 629 g/mol. The molecule has 0 saturated carbocycles. The zero-order chi connectivity index (χ0) is 33.9. The topological polar surface area (TPSA) is 9.86 Å². The summed E-state index contributed by atoms with van der Waals surface area (Å²) in [5, 5.41) is 10.2. The van der Waals surface area contributed by atoms with E-state index in [-0.39, 0.29) is 0 Å². The number of nitrogens with zero attached hydrogens (tertiary/aromatic N) is 2. The molecule has 0 amide bonds. The lowest BCUT2D eigenvalue weighted by Crippen LogP contribution is -1.95. The summed E-state index contributed by atoms with van der Waals surface area (Å²) in [6.07, 6.45) is 0. The number of para-hydroxylation sites is 2.